The Morgan fingerprint density at radius 2 is 2.10 bits per heavy atom. The van der Waals surface area contributed by atoms with Crippen molar-refractivity contribution in [1.82, 2.24) is 4.98 Å². The largest absolute Gasteiger partial charge is 0.459 e. The predicted octanol–water partition coefficient (Wildman–Crippen LogP) is 3.12. The average molecular weight is 440 g/mol. The van der Waals surface area contributed by atoms with Crippen LogP contribution in [0, 0.1) is 11.7 Å². The van der Waals surface area contributed by atoms with Crippen LogP contribution in [0.15, 0.2) is 41.5 Å². The summed E-state index contributed by atoms with van der Waals surface area (Å²) in [4.78, 5) is 20.3. The monoisotopic (exact) mass is 439 g/mol. The van der Waals surface area contributed by atoms with E-state index in [0.717, 1.165) is 6.07 Å². The third kappa shape index (κ3) is 3.52. The fourth-order valence-corrected chi connectivity index (χ4v) is 4.01. The highest BCUT2D eigenvalue weighted by Gasteiger charge is 2.58. The Balaban J connectivity index is 1.73. The van der Waals surface area contributed by atoms with Crippen LogP contribution in [0.4, 0.5) is 13.2 Å². The maximum atomic E-state index is 14.8. The first-order chi connectivity index (χ1) is 14.3. The van der Waals surface area contributed by atoms with Crippen molar-refractivity contribution < 1.29 is 27.4 Å². The van der Waals surface area contributed by atoms with Crippen molar-refractivity contribution in [2.24, 2.45) is 16.6 Å². The number of ether oxygens (including phenoxy) is 2. The second-order valence-corrected chi connectivity index (χ2v) is 7.59. The quantitative estimate of drug-likeness (QED) is 0.723. The molecule has 0 unspecified atom stereocenters. The number of benzene rings is 1. The number of pyridine rings is 1. The molecule has 0 spiro atoms. The molecule has 1 aromatic heterocycles. The van der Waals surface area contributed by atoms with Gasteiger partial charge in [-0.2, -0.15) is 0 Å². The molecule has 2 aliphatic rings. The number of carbonyl (C=O) groups excluding carboxylic acids is 1. The van der Waals surface area contributed by atoms with Crippen molar-refractivity contribution in [3.8, 4) is 0 Å². The highest BCUT2D eigenvalue weighted by atomic mass is 35.5. The molecule has 10 heteroatoms. The maximum absolute atomic E-state index is 14.8. The highest BCUT2D eigenvalue weighted by Crippen LogP contribution is 2.47. The number of aliphatic imine (C=N–C) groups is 1. The molecule has 3 atom stereocenters. The Kier molecular flexibility index (Phi) is 5.42. The van der Waals surface area contributed by atoms with E-state index in [2.05, 4.69) is 9.98 Å². The van der Waals surface area contributed by atoms with Crippen LogP contribution in [0.5, 0.6) is 0 Å². The molecule has 0 aliphatic carbocycles. The van der Waals surface area contributed by atoms with Gasteiger partial charge in [0.1, 0.15) is 17.6 Å². The molecule has 1 saturated heterocycles. The van der Waals surface area contributed by atoms with Gasteiger partial charge in [0, 0.05) is 18.2 Å². The normalized spacial score (nSPS) is 25.6. The van der Waals surface area contributed by atoms with Gasteiger partial charge in [-0.05, 0) is 29.8 Å². The molecule has 0 bridgehead atoms. The van der Waals surface area contributed by atoms with Crippen molar-refractivity contribution in [1.29, 1.82) is 0 Å². The summed E-state index contributed by atoms with van der Waals surface area (Å²) in [6, 6.07) is 6.16. The first kappa shape index (κ1) is 20.6. The predicted molar refractivity (Wildman–Crippen MR) is 102 cm³/mol. The number of aromatic nitrogens is 1. The number of Topliss-reactive ketones (excluding diaryl/α,β-unsaturated/α-hetero) is 1. The van der Waals surface area contributed by atoms with Crippen molar-refractivity contribution in [3.63, 3.8) is 0 Å². The molecule has 3 heterocycles. The number of nitrogens with zero attached hydrogens (tertiary/aromatic N) is 2. The van der Waals surface area contributed by atoms with Crippen LogP contribution in [0.3, 0.4) is 0 Å². The Bertz CT molecular complexity index is 1000. The summed E-state index contributed by atoms with van der Waals surface area (Å²) in [6.45, 7) is -0.0273. The van der Waals surface area contributed by atoms with Gasteiger partial charge in [-0.3, -0.25) is 9.78 Å². The minimum atomic E-state index is -3.08. The van der Waals surface area contributed by atoms with E-state index in [1.165, 1.54) is 30.5 Å². The van der Waals surface area contributed by atoms with Gasteiger partial charge in [-0.15, -0.1) is 0 Å². The zero-order valence-corrected chi connectivity index (χ0v) is 16.3. The Labute approximate surface area is 174 Å². The number of amidine groups is 1. The number of alkyl halides is 2. The molecular weight excluding hydrogens is 423 g/mol. The van der Waals surface area contributed by atoms with Crippen LogP contribution < -0.4 is 5.73 Å². The Morgan fingerprint density at radius 1 is 1.30 bits per heavy atom. The fourth-order valence-electron chi connectivity index (χ4n) is 3.90. The Morgan fingerprint density at radius 3 is 2.80 bits per heavy atom. The number of hydrogen-bond donors (Lipinski definition) is 1. The van der Waals surface area contributed by atoms with E-state index in [9.17, 15) is 18.0 Å². The van der Waals surface area contributed by atoms with E-state index >= 15 is 0 Å². The van der Waals surface area contributed by atoms with E-state index in [4.69, 9.17) is 26.8 Å². The van der Waals surface area contributed by atoms with E-state index in [0.29, 0.717) is 10.6 Å². The molecule has 158 valence electrons. The van der Waals surface area contributed by atoms with E-state index in [-0.39, 0.29) is 36.7 Å². The topological polar surface area (TPSA) is 86.8 Å². The first-order valence-electron chi connectivity index (χ1n) is 9.13. The first-order valence-corrected chi connectivity index (χ1v) is 9.50. The number of hydrogen-bond acceptors (Lipinski definition) is 6. The summed E-state index contributed by atoms with van der Waals surface area (Å²) in [7, 11) is 0. The molecule has 2 aromatic rings. The van der Waals surface area contributed by atoms with Gasteiger partial charge >= 0.3 is 0 Å². The number of nitrogens with two attached hydrogens (primary N) is 1. The van der Waals surface area contributed by atoms with Crippen molar-refractivity contribution in [2.45, 2.75) is 24.5 Å². The molecule has 0 saturated carbocycles. The van der Waals surface area contributed by atoms with Gasteiger partial charge in [0.2, 0.25) is 0 Å². The van der Waals surface area contributed by atoms with Gasteiger partial charge in [-0.25, -0.2) is 18.2 Å². The summed E-state index contributed by atoms with van der Waals surface area (Å²) in [5, 5.41) is 0.373. The van der Waals surface area contributed by atoms with E-state index in [1.54, 1.807) is 0 Å². The van der Waals surface area contributed by atoms with E-state index in [1.807, 2.05) is 0 Å². The van der Waals surface area contributed by atoms with E-state index < -0.39 is 35.8 Å². The van der Waals surface area contributed by atoms with Crippen LogP contribution in [0.25, 0.3) is 0 Å². The summed E-state index contributed by atoms with van der Waals surface area (Å²) in [5.74, 6) is -2.17. The SMILES string of the molecule is NC1=N[C@@](c2cc(CC(=O)c3ccc(Cl)cn3)ccc2F)(C(F)F)[C@H]2COC[C@H]2O1. The summed E-state index contributed by atoms with van der Waals surface area (Å²) >= 11 is 5.77. The molecule has 0 radical (unpaired) electrons. The standard InChI is InChI=1S/C20H17ClF3N3O3/c21-11-2-4-15(26-7-11)16(28)6-10-1-3-14(22)12(5-10)20(18(23)24)13-8-29-9-17(13)30-19(25)27-20/h1-5,7,13,17-18H,6,8-9H2,(H2,25,27)/t13-,17+,20+/m0/s1. The molecule has 30 heavy (non-hydrogen) atoms. The van der Waals surface area contributed by atoms with Gasteiger partial charge < -0.3 is 15.2 Å². The molecular formula is C20H17ClF3N3O3. The lowest BCUT2D eigenvalue weighted by Gasteiger charge is -2.40. The highest BCUT2D eigenvalue weighted by molar-refractivity contribution is 6.30. The number of rotatable bonds is 5. The van der Waals surface area contributed by atoms with Crippen LogP contribution in [0.2, 0.25) is 5.02 Å². The van der Waals surface area contributed by atoms with Gasteiger partial charge in [0.15, 0.2) is 11.3 Å². The summed E-state index contributed by atoms with van der Waals surface area (Å²) in [6.07, 6.45) is -2.68. The third-order valence-electron chi connectivity index (χ3n) is 5.33. The average Bonchev–Trinajstić information content (AvgIpc) is 3.17. The molecule has 1 aromatic carbocycles. The zero-order valence-electron chi connectivity index (χ0n) is 15.5. The summed E-state index contributed by atoms with van der Waals surface area (Å²) < 4.78 is 54.3. The minimum absolute atomic E-state index is 0.0530. The number of halogens is 4. The van der Waals surface area contributed by atoms with Crippen LogP contribution >= 0.6 is 11.6 Å². The van der Waals surface area contributed by atoms with Gasteiger partial charge in [-0.1, -0.05) is 17.7 Å². The van der Waals surface area contributed by atoms with Crippen molar-refractivity contribution >= 4 is 23.4 Å². The van der Waals surface area contributed by atoms with Crippen molar-refractivity contribution in [3.05, 3.63) is 64.2 Å². The van der Waals surface area contributed by atoms with Crippen LogP contribution in [0.1, 0.15) is 21.6 Å². The zero-order chi connectivity index (χ0) is 21.5. The lowest BCUT2D eigenvalue weighted by Crippen LogP contribution is -2.52. The van der Waals surface area contributed by atoms with Crippen LogP contribution in [-0.2, 0) is 21.4 Å². The molecule has 6 nitrogen and oxygen atoms in total. The molecule has 2 N–H and O–H groups in total. The minimum Gasteiger partial charge on any atom is -0.459 e. The lowest BCUT2D eigenvalue weighted by atomic mass is 9.75. The maximum Gasteiger partial charge on any atom is 0.283 e. The smallest absolute Gasteiger partial charge is 0.283 e. The number of carbonyl (C=O) groups is 1. The van der Waals surface area contributed by atoms with Gasteiger partial charge in [0.05, 0.1) is 24.2 Å². The molecule has 1 fully saturated rings. The Hall–Kier alpha value is -2.65. The number of ketones is 1. The molecule has 2 aliphatic heterocycles. The van der Waals surface area contributed by atoms with Crippen molar-refractivity contribution in [2.75, 3.05) is 13.2 Å². The summed E-state index contributed by atoms with van der Waals surface area (Å²) in [5.41, 5.74) is 3.52. The van der Waals surface area contributed by atoms with Gasteiger partial charge in [0.25, 0.3) is 12.4 Å². The lowest BCUT2D eigenvalue weighted by molar-refractivity contribution is -0.0306. The van der Waals surface area contributed by atoms with Crippen LogP contribution in [-0.4, -0.2) is 42.5 Å². The fraction of sp³-hybridized carbons (Fsp3) is 0.350. The second-order valence-electron chi connectivity index (χ2n) is 7.15. The third-order valence-corrected chi connectivity index (χ3v) is 5.56. The number of fused-ring (bicyclic) bond motifs is 1. The second kappa shape index (κ2) is 7.88. The molecule has 0 amide bonds. The molecule has 4 rings (SSSR count).